The number of carbonyl (C=O) groups excluding carboxylic acids is 2. The molecule has 2 aliphatic heterocycles. The van der Waals surface area contributed by atoms with E-state index >= 15 is 0 Å². The number of phenols is 1. The van der Waals surface area contributed by atoms with Gasteiger partial charge < -0.3 is 65.2 Å². The van der Waals surface area contributed by atoms with E-state index in [0.717, 1.165) is 10.6 Å². The Labute approximate surface area is 366 Å². The van der Waals surface area contributed by atoms with Gasteiger partial charge in [0.15, 0.2) is 24.0 Å². The molecule has 2 aromatic carbocycles. The number of aliphatic hydroxyl groups excluding tert-OH is 1. The number of aromatic hydroxyl groups is 1. The van der Waals surface area contributed by atoms with E-state index < -0.39 is 78.1 Å². The molecule has 4 heterocycles. The molecule has 350 valence electrons. The van der Waals surface area contributed by atoms with Gasteiger partial charge in [0.1, 0.15) is 23.2 Å². The number of aliphatic hydroxyl groups is 1. The van der Waals surface area contributed by atoms with E-state index in [9.17, 15) is 62.8 Å². The molecule has 66 heavy (non-hydrogen) atoms. The van der Waals surface area contributed by atoms with Gasteiger partial charge in [-0.1, -0.05) is 11.1 Å². The van der Waals surface area contributed by atoms with Crippen molar-refractivity contribution in [1.82, 2.24) is 25.2 Å². The number of H-pyrrole nitrogens is 1. The highest BCUT2D eigenvalue weighted by Crippen LogP contribution is 2.66. The van der Waals surface area contributed by atoms with E-state index in [2.05, 4.69) is 33.7 Å². The number of aromatic carboxylic acids is 1. The minimum atomic E-state index is -5.95. The van der Waals surface area contributed by atoms with Crippen molar-refractivity contribution in [2.45, 2.75) is 24.5 Å². The zero-order valence-corrected chi connectivity index (χ0v) is 36.0. The lowest BCUT2D eigenvalue weighted by Crippen LogP contribution is -2.47. The van der Waals surface area contributed by atoms with E-state index in [4.69, 9.17) is 29.4 Å². The lowest BCUT2D eigenvalue weighted by atomic mass is 9.90. The van der Waals surface area contributed by atoms with Crippen molar-refractivity contribution in [2.24, 2.45) is 7.05 Å². The van der Waals surface area contributed by atoms with Gasteiger partial charge in [0.25, 0.3) is 17.4 Å². The summed E-state index contributed by atoms with van der Waals surface area (Å²) in [6.45, 7) is -1.86. The molecule has 1 fully saturated rings. The molecule has 6 atom stereocenters. The number of nitrogens with zero attached hydrogens (tertiary/aromatic N) is 3. The van der Waals surface area contributed by atoms with Crippen LogP contribution in [-0.2, 0) is 43.4 Å². The molecule has 0 radical (unpaired) electrons. The van der Waals surface area contributed by atoms with E-state index in [-0.39, 0.29) is 69.4 Å². The largest absolute Gasteiger partial charge is 0.508 e. The number of hydrogen-bond donors (Lipinski definition) is 11. The molecule has 7 rings (SSSR count). The van der Waals surface area contributed by atoms with Crippen LogP contribution >= 0.6 is 23.5 Å². The minimum Gasteiger partial charge on any atom is -0.508 e. The average Bonchev–Trinajstić information content (AvgIpc) is 3.70. The lowest BCUT2D eigenvalue weighted by molar-refractivity contribution is -0.745. The molecule has 2 aromatic heterocycles. The number of hydrogen-bond acceptors (Lipinski definition) is 18. The number of aryl methyl sites for hydroxylation is 1. The van der Waals surface area contributed by atoms with Crippen LogP contribution in [-0.4, -0.2) is 105 Å². The summed E-state index contributed by atoms with van der Waals surface area (Å²) in [5.41, 5.74) is 4.95. The number of ether oxygens (including phenoxy) is 2. The van der Waals surface area contributed by atoms with Crippen LogP contribution in [0.1, 0.15) is 26.9 Å². The maximum atomic E-state index is 13.2. The quantitative estimate of drug-likeness (QED) is 0.0289. The highest BCUT2D eigenvalue weighted by atomic mass is 31.3. The van der Waals surface area contributed by atoms with Gasteiger partial charge in [-0.05, 0) is 42.0 Å². The fraction of sp³-hybridized carbons (Fsp3) is 0.229. The Balaban J connectivity index is 1.05. The summed E-state index contributed by atoms with van der Waals surface area (Å²) in [5, 5.41) is 36.9. The third kappa shape index (κ3) is 10.3. The summed E-state index contributed by atoms with van der Waals surface area (Å²) in [6, 6.07) is 11.9. The number of imidazole rings is 1. The number of rotatable bonds is 15. The summed E-state index contributed by atoms with van der Waals surface area (Å²) in [6.07, 6.45) is -7.18. The molecular weight excluding hydrogens is 947 g/mol. The minimum absolute atomic E-state index is 0.0689. The molecule has 1 aliphatic carbocycles. The maximum absolute atomic E-state index is 13.2. The zero-order chi connectivity index (χ0) is 48.0. The smallest absolute Gasteiger partial charge is 0.490 e. The summed E-state index contributed by atoms with van der Waals surface area (Å²) < 4.78 is 66.8. The Kier molecular flexibility index (Phi) is 13.1. The first-order valence-corrected chi connectivity index (χ1v) is 23.1. The molecule has 0 spiro atoms. The first-order valence-electron chi connectivity index (χ1n) is 18.6. The fourth-order valence-corrected chi connectivity index (χ4v) is 10.0. The van der Waals surface area contributed by atoms with Gasteiger partial charge in [-0.2, -0.15) is 8.62 Å². The predicted octanol–water partition coefficient (Wildman–Crippen LogP) is 0.540. The molecule has 2 amide bonds. The maximum Gasteiger partial charge on any atom is 0.490 e. The van der Waals surface area contributed by atoms with Crippen LogP contribution in [0.15, 0.2) is 74.9 Å². The number of phenolic OH excluding ortho intramolecular Hbond substituents is 1. The van der Waals surface area contributed by atoms with Gasteiger partial charge in [-0.3, -0.25) is 28.5 Å². The molecule has 12 N–H and O–H groups in total. The number of phosphoric acid groups is 3. The second kappa shape index (κ2) is 18.1. The molecule has 31 heteroatoms. The average molecular weight is 983 g/mol. The van der Waals surface area contributed by atoms with Gasteiger partial charge >= 0.3 is 41.2 Å². The number of nitrogens with one attached hydrogen (secondary N) is 3. The number of anilines is 1. The van der Waals surface area contributed by atoms with E-state index in [1.54, 1.807) is 0 Å². The Bertz CT molecular complexity index is 3170. The lowest BCUT2D eigenvalue weighted by Gasteiger charge is -2.22. The number of alkyl carbamates (subject to hydrolysis) is 1. The Morgan fingerprint density at radius 2 is 1.67 bits per heavy atom. The van der Waals surface area contributed by atoms with Crippen LogP contribution in [0.25, 0.3) is 44.6 Å². The van der Waals surface area contributed by atoms with Crippen LogP contribution in [0, 0.1) is 0 Å². The number of fused-ring (bicyclic) bond motifs is 3. The number of aromatic amines is 1. The van der Waals surface area contributed by atoms with Crippen LogP contribution in [0.2, 0.25) is 0 Å². The number of phosphoric ester groups is 1. The topological polar surface area (TPSA) is 425 Å². The number of carboxylic acid groups (broad SMARTS) is 1. The van der Waals surface area contributed by atoms with Crippen LogP contribution < -0.4 is 31.9 Å². The van der Waals surface area contributed by atoms with Gasteiger partial charge in [-0.25, -0.2) is 27.9 Å². The number of amides is 2. The summed E-state index contributed by atoms with van der Waals surface area (Å²) >= 11 is 0. The number of nitrogens with two attached hydrogens (primary N) is 1. The van der Waals surface area contributed by atoms with E-state index in [1.807, 2.05) is 0 Å². The number of aromatic nitrogens is 4. The Morgan fingerprint density at radius 1 is 0.955 bits per heavy atom. The highest BCUT2D eigenvalue weighted by molar-refractivity contribution is 7.66. The van der Waals surface area contributed by atoms with Crippen molar-refractivity contribution in [3.8, 4) is 28.2 Å². The first kappa shape index (κ1) is 47.6. The standard InChI is InChI=1S/C35H34N7O21P3/c1-41-14-42(29-26(41)31(47)40-34(36)39-29)32-27(45)28(24(60-32)13-58-65(54,55)63-66(56,57)62-64(51,52)53)61-35(50)38-9-8-37-30(46)15-2-5-18(21(10-15)33(48)49)25-19-6-3-16(43)11-22(19)59-23-12-17(44)4-7-20(23)25/h2-7,10-12,14,24,27-28,32,45H,8-9,13H2,1H3,(H10-,36,37,38,39,40,43,44,46,47,48,49,50,51,52,53,54,55,56,57)/p+1/t24-,27-,28-,32-/m1/s1. The van der Waals surface area contributed by atoms with Crippen molar-refractivity contribution < 1.29 is 94.6 Å². The summed E-state index contributed by atoms with van der Waals surface area (Å²) in [7, 11) is -16.0. The third-order valence-electron chi connectivity index (χ3n) is 9.57. The summed E-state index contributed by atoms with van der Waals surface area (Å²) in [5.74, 6) is -2.60. The number of carboxylic acids is 1. The number of carbonyl (C=O) groups is 3. The molecule has 1 saturated heterocycles. The monoisotopic (exact) mass is 982 g/mol. The van der Waals surface area contributed by atoms with Gasteiger partial charge in [0.05, 0.1) is 19.2 Å². The Hall–Kier alpha value is -6.38. The molecule has 3 aliphatic rings. The molecule has 0 bridgehead atoms. The van der Waals surface area contributed by atoms with Crippen molar-refractivity contribution in [2.75, 3.05) is 25.4 Å². The van der Waals surface area contributed by atoms with Gasteiger partial charge in [0.2, 0.25) is 11.7 Å². The fourth-order valence-electron chi connectivity index (χ4n) is 6.99. The third-order valence-corrected chi connectivity index (χ3v) is 13.4. The van der Waals surface area contributed by atoms with Crippen molar-refractivity contribution in [3.63, 3.8) is 0 Å². The van der Waals surface area contributed by atoms with Crippen LogP contribution in [0.4, 0.5) is 10.7 Å². The second-order valence-electron chi connectivity index (χ2n) is 14.1. The van der Waals surface area contributed by atoms with Gasteiger partial charge in [-0.15, -0.1) is 0 Å². The van der Waals surface area contributed by atoms with Crippen molar-refractivity contribution in [1.29, 1.82) is 0 Å². The molecule has 28 nitrogen and oxygen atoms in total. The van der Waals surface area contributed by atoms with Gasteiger partial charge in [0, 0.05) is 47.3 Å². The first-order chi connectivity index (χ1) is 30.9. The van der Waals surface area contributed by atoms with E-state index in [0.29, 0.717) is 16.5 Å². The highest BCUT2D eigenvalue weighted by Gasteiger charge is 2.51. The van der Waals surface area contributed by atoms with Crippen LogP contribution in [0.5, 0.6) is 5.75 Å². The molecule has 2 unspecified atom stereocenters. The molecular formula is C35H35N7O21P3+. The number of benzene rings is 3. The van der Waals surface area contributed by atoms with Crippen molar-refractivity contribution in [3.05, 3.63) is 92.6 Å². The van der Waals surface area contributed by atoms with Crippen LogP contribution in [0.3, 0.4) is 0 Å². The van der Waals surface area contributed by atoms with Crippen molar-refractivity contribution >= 4 is 69.5 Å². The predicted molar refractivity (Wildman–Crippen MR) is 219 cm³/mol. The van der Waals surface area contributed by atoms with E-state index in [1.165, 1.54) is 66.5 Å². The normalized spacial score (nSPS) is 19.4. The zero-order valence-electron chi connectivity index (χ0n) is 33.3. The second-order valence-corrected chi connectivity index (χ2v) is 18.6. The number of nitrogen functional groups attached to an aromatic ring is 1. The molecule has 0 saturated carbocycles. The SMILES string of the molecule is Cn1c[n+]([C@@H]2O[C@H](COP(=O)(O)OP(=O)(O)OP(=O)(O)O)[C@@H](OC(=O)NCCNC(=O)c3ccc(-c4c5ccc(=O)cc-5oc5cc(O)ccc45)c(C(=O)O)c3)[C@H]2O)c2nc(N)[nH]c(=O)c21. The molecule has 4 aromatic rings. The summed E-state index contributed by atoms with van der Waals surface area (Å²) in [4.78, 5) is 107. The Morgan fingerprint density at radius 3 is 2.38 bits per heavy atom.